The van der Waals surface area contributed by atoms with Crippen LogP contribution in [0, 0.1) is 12.3 Å². The number of benzene rings is 1. The summed E-state index contributed by atoms with van der Waals surface area (Å²) in [6.45, 7) is 3.01. The molecule has 1 aromatic rings. The Morgan fingerprint density at radius 3 is 2.69 bits per heavy atom. The minimum Gasteiger partial charge on any atom is -0.375 e. The molecule has 0 aliphatic carbocycles. The molecule has 0 bridgehead atoms. The Morgan fingerprint density at radius 1 is 1.25 bits per heavy atom. The van der Waals surface area contributed by atoms with Gasteiger partial charge in [0.05, 0.1) is 0 Å². The van der Waals surface area contributed by atoms with E-state index >= 15 is 0 Å². The number of anilines is 1. The van der Waals surface area contributed by atoms with Crippen molar-refractivity contribution in [2.75, 3.05) is 31.6 Å². The van der Waals surface area contributed by atoms with Crippen LogP contribution in [-0.2, 0) is 0 Å². The van der Waals surface area contributed by atoms with Gasteiger partial charge >= 0.3 is 0 Å². The van der Waals surface area contributed by atoms with E-state index in [1.54, 1.807) is 0 Å². The fourth-order valence-electron chi connectivity index (χ4n) is 1.54. The predicted octanol–water partition coefficient (Wildman–Crippen LogP) is 2.13. The minimum atomic E-state index is 0.814. The van der Waals surface area contributed by atoms with Gasteiger partial charge in [-0.3, -0.25) is 0 Å². The molecule has 0 saturated heterocycles. The molecular weight excluding hydrogens is 196 g/mol. The van der Waals surface area contributed by atoms with Crippen LogP contribution >= 0.6 is 0 Å². The molecule has 0 aliphatic heterocycles. The average molecular weight is 216 g/mol. The Labute approximate surface area is 98.7 Å². The summed E-state index contributed by atoms with van der Waals surface area (Å²) in [5.41, 5.74) is 1.27. The Hall–Kier alpha value is -1.46. The van der Waals surface area contributed by atoms with E-state index in [0.717, 1.165) is 32.5 Å². The van der Waals surface area contributed by atoms with Crippen molar-refractivity contribution in [3.8, 4) is 12.3 Å². The minimum absolute atomic E-state index is 0.814. The Morgan fingerprint density at radius 2 is 2.00 bits per heavy atom. The molecule has 16 heavy (non-hydrogen) atoms. The van der Waals surface area contributed by atoms with E-state index in [1.165, 1.54) is 5.69 Å². The zero-order valence-corrected chi connectivity index (χ0v) is 9.95. The second kappa shape index (κ2) is 7.78. The smallest absolute Gasteiger partial charge is 0.0363 e. The second-order valence-electron chi connectivity index (χ2n) is 3.81. The quantitative estimate of drug-likeness (QED) is 0.555. The van der Waals surface area contributed by atoms with Gasteiger partial charge in [0.1, 0.15) is 0 Å². The van der Waals surface area contributed by atoms with E-state index in [4.69, 9.17) is 6.42 Å². The fraction of sp³-hybridized carbons (Fsp3) is 0.429. The van der Waals surface area contributed by atoms with Crippen molar-refractivity contribution in [1.29, 1.82) is 0 Å². The number of nitrogens with one attached hydrogen (secondary N) is 1. The molecule has 0 radical (unpaired) electrons. The Kier molecular flexibility index (Phi) is 6.13. The first-order chi connectivity index (χ1) is 7.84. The van der Waals surface area contributed by atoms with Crippen molar-refractivity contribution in [2.24, 2.45) is 0 Å². The SMILES string of the molecule is C#CCCNCCCN(C)c1ccccc1. The maximum Gasteiger partial charge on any atom is 0.0363 e. The topological polar surface area (TPSA) is 15.3 Å². The molecule has 0 amide bonds. The van der Waals surface area contributed by atoms with Crippen LogP contribution in [0.4, 0.5) is 5.69 Å². The zero-order valence-electron chi connectivity index (χ0n) is 9.95. The van der Waals surface area contributed by atoms with Crippen molar-refractivity contribution < 1.29 is 0 Å². The van der Waals surface area contributed by atoms with Crippen molar-refractivity contribution in [3.05, 3.63) is 30.3 Å². The van der Waals surface area contributed by atoms with Gasteiger partial charge in [-0.05, 0) is 25.1 Å². The molecule has 2 heteroatoms. The first kappa shape index (κ1) is 12.6. The molecular formula is C14H20N2. The summed E-state index contributed by atoms with van der Waals surface area (Å²) in [4.78, 5) is 2.27. The largest absolute Gasteiger partial charge is 0.375 e. The van der Waals surface area contributed by atoms with Crippen LogP contribution in [0.2, 0.25) is 0 Å². The van der Waals surface area contributed by atoms with Crippen LogP contribution in [0.5, 0.6) is 0 Å². The van der Waals surface area contributed by atoms with Crippen LogP contribution in [0.15, 0.2) is 30.3 Å². The second-order valence-corrected chi connectivity index (χ2v) is 3.81. The van der Waals surface area contributed by atoms with E-state index in [2.05, 4.69) is 47.5 Å². The molecule has 0 aliphatic rings. The van der Waals surface area contributed by atoms with Crippen molar-refractivity contribution >= 4 is 5.69 Å². The lowest BCUT2D eigenvalue weighted by Crippen LogP contribution is -2.24. The van der Waals surface area contributed by atoms with Crippen LogP contribution < -0.4 is 10.2 Å². The molecule has 0 spiro atoms. The molecule has 0 unspecified atom stereocenters. The maximum atomic E-state index is 5.17. The molecule has 0 aromatic heterocycles. The monoisotopic (exact) mass is 216 g/mol. The first-order valence-electron chi connectivity index (χ1n) is 5.75. The highest BCUT2D eigenvalue weighted by atomic mass is 15.1. The summed E-state index contributed by atoms with van der Waals surface area (Å²) in [7, 11) is 2.12. The predicted molar refractivity (Wildman–Crippen MR) is 70.6 cm³/mol. The van der Waals surface area contributed by atoms with Gasteiger partial charge in [-0.25, -0.2) is 0 Å². The van der Waals surface area contributed by atoms with Crippen LogP contribution in [0.25, 0.3) is 0 Å². The van der Waals surface area contributed by atoms with Gasteiger partial charge < -0.3 is 10.2 Å². The first-order valence-corrected chi connectivity index (χ1v) is 5.75. The molecule has 1 N–H and O–H groups in total. The lowest BCUT2D eigenvalue weighted by atomic mass is 10.3. The molecule has 0 heterocycles. The average Bonchev–Trinajstić information content (AvgIpc) is 2.34. The molecule has 1 rings (SSSR count). The zero-order chi connectivity index (χ0) is 11.6. The number of nitrogens with zero attached hydrogens (tertiary/aromatic N) is 1. The fourth-order valence-corrected chi connectivity index (χ4v) is 1.54. The summed E-state index contributed by atoms with van der Waals surface area (Å²) < 4.78 is 0. The summed E-state index contributed by atoms with van der Waals surface area (Å²) in [6, 6.07) is 10.4. The van der Waals surface area contributed by atoms with Crippen molar-refractivity contribution in [1.82, 2.24) is 5.32 Å². The van der Waals surface area contributed by atoms with Gasteiger partial charge in [0, 0.05) is 32.2 Å². The van der Waals surface area contributed by atoms with E-state index in [0.29, 0.717) is 0 Å². The van der Waals surface area contributed by atoms with E-state index < -0.39 is 0 Å². The third kappa shape index (κ3) is 4.86. The third-order valence-corrected chi connectivity index (χ3v) is 2.49. The molecule has 86 valence electrons. The number of para-hydroxylation sites is 1. The Balaban J connectivity index is 2.12. The maximum absolute atomic E-state index is 5.17. The highest BCUT2D eigenvalue weighted by Gasteiger charge is 1.98. The van der Waals surface area contributed by atoms with Gasteiger partial charge in [0.15, 0.2) is 0 Å². The molecule has 1 aromatic carbocycles. The van der Waals surface area contributed by atoms with E-state index in [9.17, 15) is 0 Å². The van der Waals surface area contributed by atoms with Gasteiger partial charge in [-0.2, -0.15) is 0 Å². The van der Waals surface area contributed by atoms with Gasteiger partial charge in [0.25, 0.3) is 0 Å². The highest BCUT2D eigenvalue weighted by molar-refractivity contribution is 5.44. The lowest BCUT2D eigenvalue weighted by molar-refractivity contribution is 0.653. The van der Waals surface area contributed by atoms with Crippen LogP contribution in [-0.4, -0.2) is 26.7 Å². The summed E-state index contributed by atoms with van der Waals surface area (Å²) in [5, 5.41) is 3.32. The number of hydrogen-bond donors (Lipinski definition) is 1. The number of hydrogen-bond acceptors (Lipinski definition) is 2. The molecule has 0 atom stereocenters. The number of rotatable bonds is 7. The highest BCUT2D eigenvalue weighted by Crippen LogP contribution is 2.10. The van der Waals surface area contributed by atoms with Crippen LogP contribution in [0.3, 0.4) is 0 Å². The van der Waals surface area contributed by atoms with Gasteiger partial charge in [-0.15, -0.1) is 12.3 Å². The molecule has 0 fully saturated rings. The van der Waals surface area contributed by atoms with Crippen LogP contribution in [0.1, 0.15) is 12.8 Å². The van der Waals surface area contributed by atoms with E-state index in [1.807, 2.05) is 6.07 Å². The van der Waals surface area contributed by atoms with Crippen molar-refractivity contribution in [3.63, 3.8) is 0 Å². The summed E-state index contributed by atoms with van der Waals surface area (Å²) in [6.07, 6.45) is 7.12. The standard InChI is InChI=1S/C14H20N2/c1-3-4-11-15-12-8-13-16(2)14-9-6-5-7-10-14/h1,5-7,9-10,15H,4,8,11-13H2,2H3. The normalized spacial score (nSPS) is 9.75. The summed E-state index contributed by atoms with van der Waals surface area (Å²) in [5.74, 6) is 2.62. The van der Waals surface area contributed by atoms with Gasteiger partial charge in [-0.1, -0.05) is 18.2 Å². The van der Waals surface area contributed by atoms with Crippen molar-refractivity contribution in [2.45, 2.75) is 12.8 Å². The lowest BCUT2D eigenvalue weighted by Gasteiger charge is -2.19. The molecule has 2 nitrogen and oxygen atoms in total. The number of terminal acetylenes is 1. The summed E-state index contributed by atoms with van der Waals surface area (Å²) >= 11 is 0. The Bertz CT molecular complexity index is 313. The third-order valence-electron chi connectivity index (χ3n) is 2.49. The molecule has 0 saturated carbocycles. The van der Waals surface area contributed by atoms with E-state index in [-0.39, 0.29) is 0 Å². The van der Waals surface area contributed by atoms with Gasteiger partial charge in [0.2, 0.25) is 0 Å².